The molecule has 4 nitrogen and oxygen atoms in total. The van der Waals surface area contributed by atoms with Crippen molar-refractivity contribution in [2.75, 3.05) is 4.90 Å². The maximum absolute atomic E-state index is 13.1. The van der Waals surface area contributed by atoms with Crippen LogP contribution in [0.2, 0.25) is 5.02 Å². The van der Waals surface area contributed by atoms with Gasteiger partial charge in [0.25, 0.3) is 0 Å². The van der Waals surface area contributed by atoms with Crippen LogP contribution in [0.1, 0.15) is 23.1 Å². The summed E-state index contributed by atoms with van der Waals surface area (Å²) in [4.78, 5) is 13.0. The van der Waals surface area contributed by atoms with Gasteiger partial charge in [-0.25, -0.2) is 4.79 Å². The first-order valence-electron chi connectivity index (χ1n) is 7.93. The molecule has 0 heterocycles. The molecule has 26 heavy (non-hydrogen) atoms. The molecule has 2 amide bonds. The lowest BCUT2D eigenvalue weighted by atomic mass is 9.89. The molecule has 1 unspecified atom stereocenters. The number of urea groups is 1. The monoisotopic (exact) mass is 384 g/mol. The van der Waals surface area contributed by atoms with Gasteiger partial charge in [0.15, 0.2) is 0 Å². The Bertz CT molecular complexity index is 855. The number of hydrogen-bond donors (Lipinski definition) is 2. The van der Waals surface area contributed by atoms with Crippen LogP contribution in [0.25, 0.3) is 0 Å². The summed E-state index contributed by atoms with van der Waals surface area (Å²) >= 11 is 5.64. The highest BCUT2D eigenvalue weighted by Gasteiger charge is 2.34. The predicted octanol–water partition coefficient (Wildman–Crippen LogP) is 4.43. The predicted molar refractivity (Wildman–Crippen MR) is 92.7 cm³/mol. The van der Waals surface area contributed by atoms with Crippen LogP contribution in [0.15, 0.2) is 36.4 Å². The van der Waals surface area contributed by atoms with Crippen molar-refractivity contribution in [2.45, 2.75) is 31.5 Å². The fraction of sp³-hybridized carbons (Fsp3) is 0.278. The van der Waals surface area contributed by atoms with Gasteiger partial charge in [-0.2, -0.15) is 13.2 Å². The number of nitrogens with two attached hydrogens (primary N) is 1. The van der Waals surface area contributed by atoms with Crippen molar-refractivity contribution in [3.63, 3.8) is 0 Å². The standard InChI is InChI=1S/C18H16ClF3N2O2/c19-16-6-4-13(9-15(16)18(20,21)22)24(17(23)26)12-3-1-10-2-5-14(25)8-11(10)7-12/h1,3-4,6-7,9,14,25H,2,5,8H2,(H2,23,26). The molecule has 0 fully saturated rings. The molecule has 2 aromatic rings. The number of aliphatic hydroxyl groups is 1. The molecular weight excluding hydrogens is 369 g/mol. The van der Waals surface area contributed by atoms with Crippen molar-refractivity contribution in [1.82, 2.24) is 0 Å². The highest BCUT2D eigenvalue weighted by Crippen LogP contribution is 2.38. The van der Waals surface area contributed by atoms with Gasteiger partial charge in [0, 0.05) is 0 Å². The third kappa shape index (κ3) is 3.64. The highest BCUT2D eigenvalue weighted by atomic mass is 35.5. The molecule has 0 radical (unpaired) electrons. The van der Waals surface area contributed by atoms with E-state index in [0.717, 1.165) is 28.2 Å². The van der Waals surface area contributed by atoms with E-state index in [2.05, 4.69) is 0 Å². The first-order chi connectivity index (χ1) is 12.2. The van der Waals surface area contributed by atoms with Gasteiger partial charge in [0.1, 0.15) is 0 Å². The van der Waals surface area contributed by atoms with Gasteiger partial charge >= 0.3 is 12.2 Å². The zero-order valence-electron chi connectivity index (χ0n) is 13.6. The van der Waals surface area contributed by atoms with Crippen LogP contribution < -0.4 is 10.6 Å². The van der Waals surface area contributed by atoms with Gasteiger partial charge in [0.2, 0.25) is 0 Å². The zero-order chi connectivity index (χ0) is 19.1. The van der Waals surface area contributed by atoms with E-state index < -0.39 is 28.9 Å². The molecule has 0 aliphatic heterocycles. The van der Waals surface area contributed by atoms with E-state index in [-0.39, 0.29) is 5.69 Å². The molecule has 0 spiro atoms. The Balaban J connectivity index is 2.06. The first kappa shape index (κ1) is 18.5. The third-order valence-electron chi connectivity index (χ3n) is 4.38. The van der Waals surface area contributed by atoms with E-state index in [9.17, 15) is 23.1 Å². The Morgan fingerprint density at radius 2 is 1.81 bits per heavy atom. The quantitative estimate of drug-likeness (QED) is 0.804. The normalized spacial score (nSPS) is 16.9. The largest absolute Gasteiger partial charge is 0.417 e. The molecule has 3 N–H and O–H groups in total. The topological polar surface area (TPSA) is 66.6 Å². The van der Waals surface area contributed by atoms with Gasteiger partial charge < -0.3 is 10.8 Å². The number of aryl methyl sites for hydroxylation is 1. The van der Waals surface area contributed by atoms with Crippen molar-refractivity contribution in [1.29, 1.82) is 0 Å². The van der Waals surface area contributed by atoms with Gasteiger partial charge in [-0.05, 0) is 60.7 Å². The maximum Gasteiger partial charge on any atom is 0.417 e. The Labute approximate surface area is 153 Å². The van der Waals surface area contributed by atoms with Crippen molar-refractivity contribution < 1.29 is 23.1 Å². The SMILES string of the molecule is NC(=O)N(c1ccc2c(c1)CC(O)CC2)c1ccc(Cl)c(C(F)(F)F)c1. The minimum absolute atomic E-state index is 0.0365. The molecule has 0 aromatic heterocycles. The molecule has 1 aliphatic carbocycles. The number of carbonyl (C=O) groups excluding carboxylic acids is 1. The summed E-state index contributed by atoms with van der Waals surface area (Å²) in [6.07, 6.45) is -3.36. The lowest BCUT2D eigenvalue weighted by Gasteiger charge is -2.26. The second-order valence-corrected chi connectivity index (χ2v) is 6.59. The summed E-state index contributed by atoms with van der Waals surface area (Å²) in [6, 6.07) is 7.35. The summed E-state index contributed by atoms with van der Waals surface area (Å²) in [6.45, 7) is 0. The van der Waals surface area contributed by atoms with Crippen molar-refractivity contribution in [3.8, 4) is 0 Å². The molecule has 138 valence electrons. The van der Waals surface area contributed by atoms with Gasteiger partial charge in [-0.1, -0.05) is 17.7 Å². The number of anilines is 2. The summed E-state index contributed by atoms with van der Waals surface area (Å²) < 4.78 is 39.4. The zero-order valence-corrected chi connectivity index (χ0v) is 14.3. The summed E-state index contributed by atoms with van der Waals surface area (Å²) in [5, 5.41) is 9.36. The van der Waals surface area contributed by atoms with E-state index in [0.29, 0.717) is 24.9 Å². The number of rotatable bonds is 2. The smallest absolute Gasteiger partial charge is 0.393 e. The number of alkyl halides is 3. The van der Waals surface area contributed by atoms with Crippen LogP contribution in [0.5, 0.6) is 0 Å². The molecule has 2 aromatic carbocycles. The number of fused-ring (bicyclic) bond motifs is 1. The second-order valence-electron chi connectivity index (χ2n) is 6.19. The van der Waals surface area contributed by atoms with Crippen LogP contribution >= 0.6 is 11.6 Å². The van der Waals surface area contributed by atoms with Gasteiger partial charge in [-0.3, -0.25) is 4.90 Å². The summed E-state index contributed by atoms with van der Waals surface area (Å²) in [5.74, 6) is 0. The number of carbonyl (C=O) groups is 1. The van der Waals surface area contributed by atoms with Crippen LogP contribution in [0.3, 0.4) is 0 Å². The summed E-state index contributed by atoms with van der Waals surface area (Å²) in [5.41, 5.74) is 6.56. The third-order valence-corrected chi connectivity index (χ3v) is 4.71. The van der Waals surface area contributed by atoms with E-state index in [1.165, 1.54) is 6.07 Å². The minimum atomic E-state index is -4.66. The molecule has 1 aliphatic rings. The number of nitrogens with zero attached hydrogens (tertiary/aromatic N) is 1. The van der Waals surface area contributed by atoms with E-state index in [4.69, 9.17) is 17.3 Å². The molecule has 3 rings (SSSR count). The van der Waals surface area contributed by atoms with E-state index in [1.807, 2.05) is 0 Å². The summed E-state index contributed by atoms with van der Waals surface area (Å²) in [7, 11) is 0. The number of benzene rings is 2. The second kappa shape index (κ2) is 6.81. The number of halogens is 4. The fourth-order valence-electron chi connectivity index (χ4n) is 3.14. The number of amides is 2. The van der Waals surface area contributed by atoms with Crippen LogP contribution in [0.4, 0.5) is 29.3 Å². The highest BCUT2D eigenvalue weighted by molar-refractivity contribution is 6.31. The lowest BCUT2D eigenvalue weighted by Crippen LogP contribution is -2.32. The number of primary amides is 1. The van der Waals surface area contributed by atoms with Crippen molar-refractivity contribution in [3.05, 3.63) is 58.1 Å². The van der Waals surface area contributed by atoms with Crippen LogP contribution in [-0.2, 0) is 19.0 Å². The Hall–Kier alpha value is -2.25. The van der Waals surface area contributed by atoms with Crippen LogP contribution in [0, 0.1) is 0 Å². The molecule has 8 heteroatoms. The average Bonchev–Trinajstić information content (AvgIpc) is 2.55. The Morgan fingerprint density at radius 3 is 2.46 bits per heavy atom. The molecule has 0 saturated heterocycles. The molecule has 1 atom stereocenters. The average molecular weight is 385 g/mol. The van der Waals surface area contributed by atoms with Crippen molar-refractivity contribution in [2.24, 2.45) is 5.73 Å². The fourth-order valence-corrected chi connectivity index (χ4v) is 3.36. The van der Waals surface area contributed by atoms with E-state index >= 15 is 0 Å². The number of aliphatic hydroxyl groups excluding tert-OH is 1. The Morgan fingerprint density at radius 1 is 1.15 bits per heavy atom. The minimum Gasteiger partial charge on any atom is -0.393 e. The van der Waals surface area contributed by atoms with Crippen LogP contribution in [-0.4, -0.2) is 17.2 Å². The molecule has 0 bridgehead atoms. The molecular formula is C18H16ClF3N2O2. The lowest BCUT2D eigenvalue weighted by molar-refractivity contribution is -0.137. The van der Waals surface area contributed by atoms with Gasteiger partial charge in [0.05, 0.1) is 28.1 Å². The van der Waals surface area contributed by atoms with Gasteiger partial charge in [-0.15, -0.1) is 0 Å². The van der Waals surface area contributed by atoms with E-state index in [1.54, 1.807) is 18.2 Å². The number of hydrogen-bond acceptors (Lipinski definition) is 2. The first-order valence-corrected chi connectivity index (χ1v) is 8.31. The molecule has 0 saturated carbocycles. The van der Waals surface area contributed by atoms with Crippen molar-refractivity contribution >= 4 is 29.0 Å². The Kier molecular flexibility index (Phi) is 4.86. The maximum atomic E-state index is 13.1.